The molecule has 0 spiro atoms. The molecule has 1 heterocycles. The maximum Gasteiger partial charge on any atom is 0.255 e. The second-order valence-corrected chi connectivity index (χ2v) is 6.43. The minimum absolute atomic E-state index is 0.0331. The van der Waals surface area contributed by atoms with Crippen LogP contribution in [0, 0.1) is 0 Å². The molecule has 2 rings (SSSR count). The summed E-state index contributed by atoms with van der Waals surface area (Å²) in [5.74, 6) is -0.0331. The molecule has 1 aromatic carbocycles. The average molecular weight is 347 g/mol. The molecule has 1 amide bonds. The molecule has 3 nitrogen and oxygen atoms in total. The number of hydrogen-bond donors (Lipinski definition) is 0. The van der Waals surface area contributed by atoms with Gasteiger partial charge in [-0.15, -0.1) is 0 Å². The number of hydrogen-bond acceptors (Lipinski definition) is 2. The number of rotatable bonds is 2. The van der Waals surface area contributed by atoms with Crippen molar-refractivity contribution in [2.75, 3.05) is 20.2 Å². The van der Waals surface area contributed by atoms with Crippen LogP contribution in [0.5, 0.6) is 0 Å². The van der Waals surface area contributed by atoms with Gasteiger partial charge in [-0.25, -0.2) is 0 Å². The van der Waals surface area contributed by atoms with Crippen molar-refractivity contribution in [3.05, 3.63) is 33.3 Å². The van der Waals surface area contributed by atoms with E-state index in [0.717, 1.165) is 23.9 Å². The summed E-state index contributed by atoms with van der Waals surface area (Å²) in [6.45, 7) is 3.39. The van der Waals surface area contributed by atoms with E-state index >= 15 is 0 Å². The highest BCUT2D eigenvalue weighted by molar-refractivity contribution is 9.10. The summed E-state index contributed by atoms with van der Waals surface area (Å²) in [6, 6.07) is 5.33. The van der Waals surface area contributed by atoms with Crippen molar-refractivity contribution in [2.45, 2.75) is 25.4 Å². The Bertz CT molecular complexity index is 494. The van der Waals surface area contributed by atoms with Crippen LogP contribution in [0.3, 0.4) is 0 Å². The topological polar surface area (TPSA) is 29.5 Å². The highest BCUT2D eigenvalue weighted by Crippen LogP contribution is 2.27. The Labute approximate surface area is 127 Å². The summed E-state index contributed by atoms with van der Waals surface area (Å²) in [5, 5.41) is 0.484. The molecule has 1 fully saturated rings. The van der Waals surface area contributed by atoms with E-state index < -0.39 is 0 Å². The van der Waals surface area contributed by atoms with Crippen molar-refractivity contribution in [3.8, 4) is 0 Å². The molecule has 0 aromatic heterocycles. The zero-order valence-corrected chi connectivity index (χ0v) is 13.4. The minimum Gasteiger partial charge on any atom is -0.377 e. The van der Waals surface area contributed by atoms with Gasteiger partial charge in [0.2, 0.25) is 0 Å². The average Bonchev–Trinajstić information content (AvgIpc) is 2.41. The second-order valence-electron chi connectivity index (χ2n) is 5.11. The minimum atomic E-state index is -0.258. The zero-order valence-electron chi connectivity index (χ0n) is 11.1. The third-order valence-electron chi connectivity index (χ3n) is 3.60. The van der Waals surface area contributed by atoms with Gasteiger partial charge in [-0.3, -0.25) is 4.79 Å². The summed E-state index contributed by atoms with van der Waals surface area (Å²) >= 11 is 9.49. The summed E-state index contributed by atoms with van der Waals surface area (Å²) in [4.78, 5) is 14.4. The molecule has 19 heavy (non-hydrogen) atoms. The Kier molecular flexibility index (Phi) is 4.54. The van der Waals surface area contributed by atoms with E-state index in [2.05, 4.69) is 15.9 Å². The van der Waals surface area contributed by atoms with E-state index in [1.54, 1.807) is 19.2 Å². The number of amides is 1. The number of ether oxygens (including phenoxy) is 1. The molecule has 0 aliphatic carbocycles. The van der Waals surface area contributed by atoms with Crippen molar-refractivity contribution in [2.24, 2.45) is 0 Å². The van der Waals surface area contributed by atoms with Gasteiger partial charge in [0.15, 0.2) is 0 Å². The smallest absolute Gasteiger partial charge is 0.255 e. The molecule has 1 aromatic rings. The van der Waals surface area contributed by atoms with E-state index in [4.69, 9.17) is 16.3 Å². The van der Waals surface area contributed by atoms with Crippen molar-refractivity contribution in [1.82, 2.24) is 4.90 Å². The summed E-state index contributed by atoms with van der Waals surface area (Å²) in [5.41, 5.74) is 0.281. The molecular formula is C14H17BrClNO2. The molecule has 0 N–H and O–H groups in total. The van der Waals surface area contributed by atoms with E-state index in [-0.39, 0.29) is 11.5 Å². The number of likely N-dealkylation sites (tertiary alicyclic amines) is 1. The lowest BCUT2D eigenvalue weighted by Crippen LogP contribution is -2.49. The zero-order chi connectivity index (χ0) is 14.0. The van der Waals surface area contributed by atoms with Crippen LogP contribution >= 0.6 is 27.5 Å². The Morgan fingerprint density at radius 2 is 2.26 bits per heavy atom. The van der Waals surface area contributed by atoms with Crippen LogP contribution in [0.25, 0.3) is 0 Å². The fraction of sp³-hybridized carbons (Fsp3) is 0.500. The summed E-state index contributed by atoms with van der Waals surface area (Å²) in [7, 11) is 1.69. The van der Waals surface area contributed by atoms with Crippen LogP contribution in [-0.2, 0) is 4.74 Å². The van der Waals surface area contributed by atoms with Gasteiger partial charge in [0, 0.05) is 24.7 Å². The van der Waals surface area contributed by atoms with Crippen molar-refractivity contribution < 1.29 is 9.53 Å². The van der Waals surface area contributed by atoms with Crippen LogP contribution in [-0.4, -0.2) is 36.6 Å². The van der Waals surface area contributed by atoms with Gasteiger partial charge in [0.1, 0.15) is 0 Å². The molecule has 0 radical (unpaired) electrons. The lowest BCUT2D eigenvalue weighted by atomic mass is 9.94. The Hall–Kier alpha value is -0.580. The lowest BCUT2D eigenvalue weighted by Gasteiger charge is -2.39. The highest BCUT2D eigenvalue weighted by Gasteiger charge is 2.33. The van der Waals surface area contributed by atoms with Crippen LogP contribution in [0.15, 0.2) is 22.7 Å². The predicted octanol–water partition coefficient (Wildman–Crippen LogP) is 3.74. The molecule has 1 aliphatic heterocycles. The Morgan fingerprint density at radius 3 is 2.95 bits per heavy atom. The van der Waals surface area contributed by atoms with Gasteiger partial charge in [0.05, 0.1) is 16.2 Å². The van der Waals surface area contributed by atoms with Crippen molar-refractivity contribution in [1.29, 1.82) is 0 Å². The Morgan fingerprint density at radius 1 is 1.53 bits per heavy atom. The number of benzene rings is 1. The fourth-order valence-electron chi connectivity index (χ4n) is 2.38. The van der Waals surface area contributed by atoms with E-state index in [1.165, 1.54) is 0 Å². The molecule has 1 aliphatic rings. The fourth-order valence-corrected chi connectivity index (χ4v) is 2.94. The molecule has 104 valence electrons. The number of carbonyl (C=O) groups is 1. The quantitative estimate of drug-likeness (QED) is 0.816. The second kappa shape index (κ2) is 5.81. The van der Waals surface area contributed by atoms with Gasteiger partial charge in [0.25, 0.3) is 5.91 Å². The molecule has 1 saturated heterocycles. The van der Waals surface area contributed by atoms with Crippen molar-refractivity contribution >= 4 is 33.4 Å². The first-order chi connectivity index (χ1) is 8.95. The third kappa shape index (κ3) is 3.30. The highest BCUT2D eigenvalue weighted by atomic mass is 79.9. The van der Waals surface area contributed by atoms with Crippen molar-refractivity contribution in [3.63, 3.8) is 0 Å². The van der Waals surface area contributed by atoms with Crippen LogP contribution in [0.4, 0.5) is 0 Å². The van der Waals surface area contributed by atoms with E-state index in [1.807, 2.05) is 17.9 Å². The number of halogens is 2. The monoisotopic (exact) mass is 345 g/mol. The maximum absolute atomic E-state index is 12.5. The maximum atomic E-state index is 12.5. The number of methoxy groups -OCH3 is 1. The summed E-state index contributed by atoms with van der Waals surface area (Å²) < 4.78 is 6.37. The van der Waals surface area contributed by atoms with Gasteiger partial charge in [-0.1, -0.05) is 27.5 Å². The molecule has 5 heteroatoms. The molecular weight excluding hydrogens is 330 g/mol. The number of piperidine rings is 1. The third-order valence-corrected chi connectivity index (χ3v) is 4.42. The van der Waals surface area contributed by atoms with Gasteiger partial charge >= 0.3 is 0 Å². The van der Waals surface area contributed by atoms with Crippen LogP contribution in [0.2, 0.25) is 5.02 Å². The summed E-state index contributed by atoms with van der Waals surface area (Å²) in [6.07, 6.45) is 1.92. The first-order valence-electron chi connectivity index (χ1n) is 6.25. The molecule has 1 unspecified atom stereocenters. The van der Waals surface area contributed by atoms with Gasteiger partial charge in [-0.2, -0.15) is 0 Å². The predicted molar refractivity (Wildman–Crippen MR) is 79.7 cm³/mol. The first kappa shape index (κ1) is 14.8. The molecule has 1 atom stereocenters. The first-order valence-corrected chi connectivity index (χ1v) is 7.42. The molecule has 0 saturated carbocycles. The SMILES string of the molecule is COC1(C)CCCN(C(=O)c2cc(Br)ccc2Cl)C1. The van der Waals surface area contributed by atoms with Gasteiger partial charge in [-0.05, 0) is 38.0 Å². The van der Waals surface area contributed by atoms with E-state index in [0.29, 0.717) is 17.1 Å². The number of carbonyl (C=O) groups excluding carboxylic acids is 1. The van der Waals surface area contributed by atoms with Crippen LogP contribution < -0.4 is 0 Å². The van der Waals surface area contributed by atoms with E-state index in [9.17, 15) is 4.79 Å². The van der Waals surface area contributed by atoms with Gasteiger partial charge < -0.3 is 9.64 Å². The lowest BCUT2D eigenvalue weighted by molar-refractivity contribution is -0.0440. The standard InChI is InChI=1S/C14H17BrClNO2/c1-14(19-2)6-3-7-17(9-14)13(18)11-8-10(15)4-5-12(11)16/h4-5,8H,3,6-7,9H2,1-2H3. The largest absolute Gasteiger partial charge is 0.377 e. The number of nitrogens with zero attached hydrogens (tertiary/aromatic N) is 1. The normalized spacial score (nSPS) is 23.5. The Balaban J connectivity index is 2.22. The molecule has 0 bridgehead atoms. The van der Waals surface area contributed by atoms with Crippen LogP contribution in [0.1, 0.15) is 30.1 Å².